The highest BCUT2D eigenvalue weighted by Gasteiger charge is 2.29. The van der Waals surface area contributed by atoms with Crippen molar-refractivity contribution >= 4 is 16.8 Å². The predicted octanol–water partition coefficient (Wildman–Crippen LogP) is 1.68. The van der Waals surface area contributed by atoms with Crippen LogP contribution in [0, 0.1) is 0 Å². The van der Waals surface area contributed by atoms with E-state index in [1.807, 2.05) is 0 Å². The lowest BCUT2D eigenvalue weighted by Crippen LogP contribution is -2.24. The van der Waals surface area contributed by atoms with Crippen molar-refractivity contribution < 1.29 is 14.3 Å². The van der Waals surface area contributed by atoms with Crippen LogP contribution in [-0.2, 0) is 10.4 Å². The molecule has 4 nitrogen and oxygen atoms in total. The van der Waals surface area contributed by atoms with Crippen LogP contribution in [0.1, 0.15) is 5.76 Å². The molecule has 0 atom stereocenters. The Labute approximate surface area is 108 Å². The van der Waals surface area contributed by atoms with Gasteiger partial charge in [-0.05, 0) is 36.4 Å². The Hall–Kier alpha value is -2.46. The fourth-order valence-corrected chi connectivity index (χ4v) is 2.00. The van der Waals surface area contributed by atoms with Gasteiger partial charge < -0.3 is 9.52 Å². The number of rotatable bonds is 1. The van der Waals surface area contributed by atoms with E-state index in [-0.39, 0.29) is 17.0 Å². The fraction of sp³-hybridized carbons (Fsp3) is 0.0667. The lowest BCUT2D eigenvalue weighted by molar-refractivity contribution is -0.110. The van der Waals surface area contributed by atoms with E-state index in [1.165, 1.54) is 30.4 Å². The topological polar surface area (TPSA) is 67.5 Å². The summed E-state index contributed by atoms with van der Waals surface area (Å²) in [5.41, 5.74) is -1.39. The van der Waals surface area contributed by atoms with Gasteiger partial charge in [0.05, 0.1) is 5.39 Å². The lowest BCUT2D eigenvalue weighted by atomic mass is 9.94. The van der Waals surface area contributed by atoms with E-state index in [1.54, 1.807) is 24.3 Å². The Morgan fingerprint density at radius 2 is 1.74 bits per heavy atom. The maximum absolute atomic E-state index is 12.0. The molecule has 4 heteroatoms. The third-order valence-corrected chi connectivity index (χ3v) is 3.03. The average Bonchev–Trinajstić information content (AvgIpc) is 2.42. The summed E-state index contributed by atoms with van der Waals surface area (Å²) in [7, 11) is 0. The number of hydrogen-bond donors (Lipinski definition) is 1. The molecule has 0 bridgehead atoms. The molecular formula is C15H10O4. The first-order chi connectivity index (χ1) is 9.08. The third-order valence-electron chi connectivity index (χ3n) is 3.03. The highest BCUT2D eigenvalue weighted by Crippen LogP contribution is 2.28. The van der Waals surface area contributed by atoms with Gasteiger partial charge in [-0.3, -0.25) is 9.59 Å². The van der Waals surface area contributed by atoms with Gasteiger partial charge in [-0.1, -0.05) is 12.1 Å². The first-order valence-electron chi connectivity index (χ1n) is 5.77. The molecule has 1 aromatic carbocycles. The monoisotopic (exact) mass is 254 g/mol. The van der Waals surface area contributed by atoms with Crippen LogP contribution in [0.3, 0.4) is 0 Å². The molecule has 0 saturated carbocycles. The number of benzene rings is 1. The second kappa shape index (κ2) is 4.03. The van der Waals surface area contributed by atoms with Crippen molar-refractivity contribution in [1.82, 2.24) is 0 Å². The van der Waals surface area contributed by atoms with Crippen LogP contribution in [0.25, 0.3) is 11.0 Å². The standard InChI is InChI=1S/C15H10O4/c16-10-5-7-15(18,8-6-10)14-9-12(17)11-3-1-2-4-13(11)19-14/h1-9,18H. The number of carbonyl (C=O) groups is 1. The summed E-state index contributed by atoms with van der Waals surface area (Å²) in [6, 6.07) is 8.05. The molecule has 1 aliphatic rings. The molecule has 0 amide bonds. The molecule has 1 aromatic heterocycles. The summed E-state index contributed by atoms with van der Waals surface area (Å²) in [4.78, 5) is 23.0. The number of para-hydroxylation sites is 1. The molecule has 0 radical (unpaired) electrons. The van der Waals surface area contributed by atoms with E-state index in [0.717, 1.165) is 0 Å². The predicted molar refractivity (Wildman–Crippen MR) is 69.7 cm³/mol. The summed E-state index contributed by atoms with van der Waals surface area (Å²) in [6.45, 7) is 0. The highest BCUT2D eigenvalue weighted by molar-refractivity contribution is 6.00. The SMILES string of the molecule is O=C1C=CC(O)(c2cc(=O)c3ccccc3o2)C=C1. The summed E-state index contributed by atoms with van der Waals surface area (Å²) >= 11 is 0. The Bertz CT molecular complexity index is 764. The van der Waals surface area contributed by atoms with Gasteiger partial charge in [-0.15, -0.1) is 0 Å². The normalized spacial score (nSPS) is 17.0. The Kier molecular flexibility index (Phi) is 2.47. The number of ketones is 1. The smallest absolute Gasteiger partial charge is 0.193 e. The minimum atomic E-state index is -1.56. The van der Waals surface area contributed by atoms with E-state index in [4.69, 9.17) is 4.42 Å². The number of fused-ring (bicyclic) bond motifs is 1. The van der Waals surface area contributed by atoms with Crippen LogP contribution in [0.4, 0.5) is 0 Å². The van der Waals surface area contributed by atoms with Crippen LogP contribution in [-0.4, -0.2) is 10.9 Å². The van der Waals surface area contributed by atoms with Crippen LogP contribution in [0.2, 0.25) is 0 Å². The zero-order valence-corrected chi connectivity index (χ0v) is 9.87. The summed E-state index contributed by atoms with van der Waals surface area (Å²) in [5.74, 6) is -0.121. The molecular weight excluding hydrogens is 244 g/mol. The van der Waals surface area contributed by atoms with Crippen LogP contribution >= 0.6 is 0 Å². The molecule has 19 heavy (non-hydrogen) atoms. The first-order valence-corrected chi connectivity index (χ1v) is 5.77. The fourth-order valence-electron chi connectivity index (χ4n) is 2.00. The summed E-state index contributed by atoms with van der Waals surface area (Å²) in [6.07, 6.45) is 5.11. The van der Waals surface area contributed by atoms with Crippen molar-refractivity contribution in [2.75, 3.05) is 0 Å². The molecule has 1 aliphatic carbocycles. The number of hydrogen-bond acceptors (Lipinski definition) is 4. The van der Waals surface area contributed by atoms with Crippen molar-refractivity contribution in [3.8, 4) is 0 Å². The number of carbonyl (C=O) groups excluding carboxylic acids is 1. The van der Waals surface area contributed by atoms with Crippen molar-refractivity contribution in [1.29, 1.82) is 0 Å². The second-order valence-corrected chi connectivity index (χ2v) is 4.37. The van der Waals surface area contributed by atoms with Gasteiger partial charge in [-0.25, -0.2) is 0 Å². The van der Waals surface area contributed by atoms with Crippen LogP contribution in [0.5, 0.6) is 0 Å². The van der Waals surface area contributed by atoms with Gasteiger partial charge in [0.2, 0.25) is 0 Å². The van der Waals surface area contributed by atoms with E-state index >= 15 is 0 Å². The maximum Gasteiger partial charge on any atom is 0.193 e. The van der Waals surface area contributed by atoms with Crippen molar-refractivity contribution in [3.63, 3.8) is 0 Å². The molecule has 2 aromatic rings. The van der Waals surface area contributed by atoms with E-state index in [2.05, 4.69) is 0 Å². The van der Waals surface area contributed by atoms with Gasteiger partial charge in [0.15, 0.2) is 16.8 Å². The average molecular weight is 254 g/mol. The molecule has 0 saturated heterocycles. The maximum atomic E-state index is 12.0. The Balaban J connectivity index is 2.22. The first kappa shape index (κ1) is 11.6. The quantitative estimate of drug-likeness (QED) is 0.840. The Morgan fingerprint density at radius 3 is 2.47 bits per heavy atom. The van der Waals surface area contributed by atoms with Gasteiger partial charge in [0.1, 0.15) is 11.3 Å². The van der Waals surface area contributed by atoms with Crippen molar-refractivity contribution in [2.45, 2.75) is 5.60 Å². The van der Waals surface area contributed by atoms with Gasteiger partial charge in [0, 0.05) is 6.07 Å². The molecule has 0 fully saturated rings. The molecule has 94 valence electrons. The largest absolute Gasteiger partial charge is 0.457 e. The molecule has 1 heterocycles. The van der Waals surface area contributed by atoms with Crippen molar-refractivity contribution in [2.24, 2.45) is 0 Å². The second-order valence-electron chi connectivity index (χ2n) is 4.37. The van der Waals surface area contributed by atoms with Gasteiger partial charge in [-0.2, -0.15) is 0 Å². The summed E-state index contributed by atoms with van der Waals surface area (Å²) in [5, 5.41) is 10.8. The molecule has 0 unspecified atom stereocenters. The molecule has 0 spiro atoms. The summed E-state index contributed by atoms with van der Waals surface area (Å²) < 4.78 is 5.56. The lowest BCUT2D eigenvalue weighted by Gasteiger charge is -2.21. The number of allylic oxidation sites excluding steroid dienone is 2. The van der Waals surface area contributed by atoms with Crippen LogP contribution < -0.4 is 5.43 Å². The van der Waals surface area contributed by atoms with E-state index in [9.17, 15) is 14.7 Å². The minimum Gasteiger partial charge on any atom is -0.457 e. The van der Waals surface area contributed by atoms with Crippen LogP contribution in [0.15, 0.2) is 63.8 Å². The molecule has 3 rings (SSSR count). The zero-order valence-electron chi connectivity index (χ0n) is 9.87. The van der Waals surface area contributed by atoms with Gasteiger partial charge >= 0.3 is 0 Å². The highest BCUT2D eigenvalue weighted by atomic mass is 16.4. The van der Waals surface area contributed by atoms with Gasteiger partial charge in [0.25, 0.3) is 0 Å². The van der Waals surface area contributed by atoms with E-state index in [0.29, 0.717) is 11.0 Å². The minimum absolute atomic E-state index is 0.0937. The zero-order chi connectivity index (χ0) is 13.5. The molecule has 1 N–H and O–H groups in total. The third kappa shape index (κ3) is 1.92. The number of aliphatic hydroxyl groups is 1. The Morgan fingerprint density at radius 1 is 1.05 bits per heavy atom. The molecule has 0 aliphatic heterocycles. The van der Waals surface area contributed by atoms with Crippen molar-refractivity contribution in [3.05, 3.63) is 70.6 Å². The van der Waals surface area contributed by atoms with E-state index < -0.39 is 5.60 Å².